The molecule has 0 aliphatic carbocycles. The van der Waals surface area contributed by atoms with E-state index in [2.05, 4.69) is 15.9 Å². The van der Waals surface area contributed by atoms with E-state index in [1.165, 1.54) is 0 Å². The second-order valence-corrected chi connectivity index (χ2v) is 4.84. The van der Waals surface area contributed by atoms with Crippen molar-refractivity contribution in [3.05, 3.63) is 34.3 Å². The Labute approximate surface area is 104 Å². The summed E-state index contributed by atoms with van der Waals surface area (Å²) in [5.41, 5.74) is 1.12. The number of amides is 1. The Hall–Kier alpha value is -1.03. The molecule has 1 aliphatic heterocycles. The highest BCUT2D eigenvalue weighted by Gasteiger charge is 2.29. The molecule has 1 heterocycles. The molecule has 1 aliphatic rings. The zero-order valence-electron chi connectivity index (χ0n) is 9.15. The molecule has 16 heavy (non-hydrogen) atoms. The number of rotatable bonds is 3. The summed E-state index contributed by atoms with van der Waals surface area (Å²) in [6.45, 7) is 3.36. The lowest BCUT2D eigenvalue weighted by molar-refractivity contribution is 0.130. The Kier molecular flexibility index (Phi) is 3.49. The number of carbonyl (C=O) groups excluding carboxylic acids is 1. The third kappa shape index (κ3) is 2.55. The van der Waals surface area contributed by atoms with Gasteiger partial charge in [-0.25, -0.2) is 4.79 Å². The molecule has 1 saturated heterocycles. The summed E-state index contributed by atoms with van der Waals surface area (Å²) in [4.78, 5) is 13.3. The Morgan fingerprint density at radius 3 is 2.69 bits per heavy atom. The molecule has 0 saturated carbocycles. The predicted octanol–water partition coefficient (Wildman–Crippen LogP) is 3.18. The maximum atomic E-state index is 11.5. The number of halogens is 1. The van der Waals surface area contributed by atoms with Crippen LogP contribution in [0.4, 0.5) is 4.79 Å². The minimum absolute atomic E-state index is 0.0583. The summed E-state index contributed by atoms with van der Waals surface area (Å²) in [5, 5.41) is 0. The van der Waals surface area contributed by atoms with Crippen LogP contribution in [0.15, 0.2) is 28.7 Å². The van der Waals surface area contributed by atoms with Crippen LogP contribution in [0.1, 0.15) is 18.9 Å². The molecule has 0 radical (unpaired) electrons. The highest BCUT2D eigenvalue weighted by Crippen LogP contribution is 2.18. The van der Waals surface area contributed by atoms with Gasteiger partial charge in [-0.1, -0.05) is 35.0 Å². The van der Waals surface area contributed by atoms with E-state index in [0.29, 0.717) is 13.1 Å². The average molecular weight is 284 g/mol. The van der Waals surface area contributed by atoms with Crippen molar-refractivity contribution in [1.82, 2.24) is 4.90 Å². The van der Waals surface area contributed by atoms with Crippen LogP contribution in [0.5, 0.6) is 0 Å². The van der Waals surface area contributed by atoms with E-state index in [1.807, 2.05) is 31.2 Å². The van der Waals surface area contributed by atoms with Crippen LogP contribution in [0.2, 0.25) is 0 Å². The van der Waals surface area contributed by atoms with Gasteiger partial charge in [0.15, 0.2) is 0 Å². The number of hydrogen-bond donors (Lipinski definition) is 0. The van der Waals surface area contributed by atoms with Gasteiger partial charge in [-0.2, -0.15) is 0 Å². The van der Waals surface area contributed by atoms with Gasteiger partial charge >= 0.3 is 6.09 Å². The third-order valence-corrected chi connectivity index (χ3v) is 3.22. The molecule has 4 heteroatoms. The van der Waals surface area contributed by atoms with E-state index in [4.69, 9.17) is 4.74 Å². The van der Waals surface area contributed by atoms with Crippen molar-refractivity contribution in [2.45, 2.75) is 26.0 Å². The molecule has 1 aromatic rings. The first-order valence-corrected chi connectivity index (χ1v) is 6.18. The van der Waals surface area contributed by atoms with Crippen LogP contribution in [0.3, 0.4) is 0 Å². The second-order valence-electron chi connectivity index (χ2n) is 3.92. The maximum Gasteiger partial charge on any atom is 0.410 e. The summed E-state index contributed by atoms with van der Waals surface area (Å²) < 4.78 is 6.24. The molecular weight excluding hydrogens is 270 g/mol. The summed E-state index contributed by atoms with van der Waals surface area (Å²) in [7, 11) is 0. The smallest absolute Gasteiger partial charge is 0.410 e. The topological polar surface area (TPSA) is 29.5 Å². The number of carbonyl (C=O) groups is 1. The number of nitrogens with zero attached hydrogens (tertiary/aromatic N) is 1. The highest BCUT2D eigenvalue weighted by molar-refractivity contribution is 9.10. The van der Waals surface area contributed by atoms with Crippen LogP contribution in [0, 0.1) is 0 Å². The standard InChI is InChI=1S/C12H14BrNO2/c1-2-11-8-14(12(15)16-11)7-9-3-5-10(13)6-4-9/h3-6,11H,2,7-8H2,1H3. The van der Waals surface area contributed by atoms with Crippen molar-refractivity contribution in [3.63, 3.8) is 0 Å². The fourth-order valence-electron chi connectivity index (χ4n) is 1.73. The first kappa shape index (κ1) is 11.5. The second kappa shape index (κ2) is 4.87. The monoisotopic (exact) mass is 283 g/mol. The fraction of sp³-hybridized carbons (Fsp3) is 0.417. The zero-order valence-corrected chi connectivity index (χ0v) is 10.7. The normalized spacial score (nSPS) is 20.0. The average Bonchev–Trinajstić information content (AvgIpc) is 2.63. The van der Waals surface area contributed by atoms with Crippen LogP contribution < -0.4 is 0 Å². The molecular formula is C12H14BrNO2. The molecule has 0 aromatic heterocycles. The van der Waals surface area contributed by atoms with Crippen molar-refractivity contribution < 1.29 is 9.53 Å². The van der Waals surface area contributed by atoms with Gasteiger partial charge in [0.1, 0.15) is 6.10 Å². The number of hydrogen-bond acceptors (Lipinski definition) is 2. The minimum atomic E-state index is -0.199. The first-order valence-electron chi connectivity index (χ1n) is 5.39. The van der Waals surface area contributed by atoms with Crippen LogP contribution >= 0.6 is 15.9 Å². The molecule has 86 valence electrons. The Morgan fingerprint density at radius 2 is 2.12 bits per heavy atom. The summed E-state index contributed by atoms with van der Waals surface area (Å²) in [6.07, 6.45) is 0.737. The SMILES string of the molecule is CCC1CN(Cc2ccc(Br)cc2)C(=O)O1. The van der Waals surface area contributed by atoms with E-state index in [0.717, 1.165) is 16.5 Å². The first-order chi connectivity index (χ1) is 7.69. The number of ether oxygens (including phenoxy) is 1. The molecule has 0 bridgehead atoms. The van der Waals surface area contributed by atoms with Gasteiger partial charge in [-0.05, 0) is 24.1 Å². The molecule has 3 nitrogen and oxygen atoms in total. The number of benzene rings is 1. The summed E-state index contributed by atoms with van der Waals surface area (Å²) >= 11 is 3.39. The molecule has 0 spiro atoms. The fourth-order valence-corrected chi connectivity index (χ4v) is 1.99. The van der Waals surface area contributed by atoms with Crippen molar-refractivity contribution in [2.75, 3.05) is 6.54 Å². The van der Waals surface area contributed by atoms with Gasteiger partial charge in [-0.15, -0.1) is 0 Å². The van der Waals surface area contributed by atoms with Gasteiger partial charge in [-0.3, -0.25) is 0 Å². The zero-order chi connectivity index (χ0) is 11.5. The van der Waals surface area contributed by atoms with Crippen molar-refractivity contribution >= 4 is 22.0 Å². The minimum Gasteiger partial charge on any atom is -0.444 e. The third-order valence-electron chi connectivity index (χ3n) is 2.69. The largest absolute Gasteiger partial charge is 0.444 e. The lowest BCUT2D eigenvalue weighted by atomic mass is 10.2. The molecule has 1 amide bonds. The van der Waals surface area contributed by atoms with Gasteiger partial charge in [0, 0.05) is 11.0 Å². The number of cyclic esters (lactones) is 1. The molecule has 2 rings (SSSR count). The predicted molar refractivity (Wildman–Crippen MR) is 65.1 cm³/mol. The Balaban J connectivity index is 2.00. The van der Waals surface area contributed by atoms with E-state index < -0.39 is 0 Å². The summed E-state index contributed by atoms with van der Waals surface area (Å²) in [5.74, 6) is 0. The van der Waals surface area contributed by atoms with Crippen LogP contribution in [-0.4, -0.2) is 23.6 Å². The van der Waals surface area contributed by atoms with Crippen molar-refractivity contribution in [2.24, 2.45) is 0 Å². The Bertz CT molecular complexity index is 377. The van der Waals surface area contributed by atoms with Crippen LogP contribution in [0.25, 0.3) is 0 Å². The van der Waals surface area contributed by atoms with Crippen molar-refractivity contribution in [1.29, 1.82) is 0 Å². The van der Waals surface area contributed by atoms with Gasteiger partial charge < -0.3 is 9.64 Å². The molecule has 1 unspecified atom stereocenters. The van der Waals surface area contributed by atoms with Gasteiger partial charge in [0.2, 0.25) is 0 Å². The maximum absolute atomic E-state index is 11.5. The quantitative estimate of drug-likeness (QED) is 0.853. The molecule has 0 N–H and O–H groups in total. The Morgan fingerprint density at radius 1 is 1.44 bits per heavy atom. The molecule has 1 fully saturated rings. The van der Waals surface area contributed by atoms with E-state index in [-0.39, 0.29) is 12.2 Å². The van der Waals surface area contributed by atoms with Gasteiger partial charge in [0.25, 0.3) is 0 Å². The highest BCUT2D eigenvalue weighted by atomic mass is 79.9. The van der Waals surface area contributed by atoms with E-state index in [9.17, 15) is 4.79 Å². The summed E-state index contributed by atoms with van der Waals surface area (Å²) in [6, 6.07) is 7.98. The van der Waals surface area contributed by atoms with Gasteiger partial charge in [0.05, 0.1) is 6.54 Å². The lowest BCUT2D eigenvalue weighted by Gasteiger charge is -2.12. The molecule has 1 atom stereocenters. The lowest BCUT2D eigenvalue weighted by Crippen LogP contribution is -2.24. The van der Waals surface area contributed by atoms with E-state index >= 15 is 0 Å². The van der Waals surface area contributed by atoms with E-state index in [1.54, 1.807) is 4.90 Å². The van der Waals surface area contributed by atoms with Crippen molar-refractivity contribution in [3.8, 4) is 0 Å². The van der Waals surface area contributed by atoms with Crippen LogP contribution in [-0.2, 0) is 11.3 Å². The molecule has 1 aromatic carbocycles.